The molecule has 0 heterocycles. The van der Waals surface area contributed by atoms with Gasteiger partial charge in [-0.05, 0) is 31.0 Å². The van der Waals surface area contributed by atoms with Crippen molar-refractivity contribution >= 4 is 23.2 Å². The molecular formula is C14H19ClN2O2. The lowest BCUT2D eigenvalue weighted by Gasteiger charge is -2.14. The van der Waals surface area contributed by atoms with Crippen LogP contribution in [0.1, 0.15) is 25.7 Å². The van der Waals surface area contributed by atoms with Crippen LogP contribution in [0.25, 0.3) is 0 Å². The lowest BCUT2D eigenvalue weighted by Crippen LogP contribution is -2.36. The fourth-order valence-electron chi connectivity index (χ4n) is 2.34. The van der Waals surface area contributed by atoms with Gasteiger partial charge in [0.05, 0.1) is 19.3 Å². The Labute approximate surface area is 118 Å². The van der Waals surface area contributed by atoms with Crippen molar-refractivity contribution in [2.45, 2.75) is 31.7 Å². The van der Waals surface area contributed by atoms with E-state index in [0.717, 1.165) is 18.5 Å². The van der Waals surface area contributed by atoms with Gasteiger partial charge in [-0.1, -0.05) is 24.4 Å². The molecule has 0 aromatic heterocycles. The zero-order valence-corrected chi connectivity index (χ0v) is 11.8. The molecular weight excluding hydrogens is 264 g/mol. The molecule has 2 N–H and O–H groups in total. The van der Waals surface area contributed by atoms with Crippen molar-refractivity contribution in [2.75, 3.05) is 19.0 Å². The maximum atomic E-state index is 11.8. The number of hydrogen-bond acceptors (Lipinski definition) is 3. The van der Waals surface area contributed by atoms with Gasteiger partial charge in [0, 0.05) is 11.1 Å². The van der Waals surface area contributed by atoms with E-state index in [1.54, 1.807) is 25.3 Å². The van der Waals surface area contributed by atoms with Gasteiger partial charge in [0.25, 0.3) is 0 Å². The molecule has 1 amide bonds. The van der Waals surface area contributed by atoms with Crippen LogP contribution in [0.15, 0.2) is 18.2 Å². The summed E-state index contributed by atoms with van der Waals surface area (Å²) in [6.07, 6.45) is 4.60. The Hall–Kier alpha value is -1.42. The highest BCUT2D eigenvalue weighted by Crippen LogP contribution is 2.27. The third-order valence-corrected chi connectivity index (χ3v) is 3.56. The summed E-state index contributed by atoms with van der Waals surface area (Å²) in [7, 11) is 1.59. The van der Waals surface area contributed by atoms with Gasteiger partial charge in [-0.25, -0.2) is 0 Å². The molecule has 104 valence electrons. The summed E-state index contributed by atoms with van der Waals surface area (Å²) in [5.41, 5.74) is 0.733. The lowest BCUT2D eigenvalue weighted by atomic mass is 10.2. The second-order valence-electron chi connectivity index (χ2n) is 4.75. The van der Waals surface area contributed by atoms with E-state index in [4.69, 9.17) is 16.3 Å². The summed E-state index contributed by atoms with van der Waals surface area (Å²) >= 11 is 5.93. The Balaban J connectivity index is 1.87. The molecule has 1 aromatic carbocycles. The van der Waals surface area contributed by atoms with E-state index in [1.807, 2.05) is 0 Å². The maximum Gasteiger partial charge on any atom is 0.239 e. The Morgan fingerprint density at radius 1 is 1.42 bits per heavy atom. The molecule has 4 nitrogen and oxygen atoms in total. The lowest BCUT2D eigenvalue weighted by molar-refractivity contribution is -0.120. The van der Waals surface area contributed by atoms with Crippen molar-refractivity contribution in [1.29, 1.82) is 0 Å². The van der Waals surface area contributed by atoms with Crippen molar-refractivity contribution < 1.29 is 9.53 Å². The predicted octanol–water partition coefficient (Wildman–Crippen LogP) is 2.82. The van der Waals surface area contributed by atoms with Gasteiger partial charge in [0.1, 0.15) is 5.75 Å². The summed E-state index contributed by atoms with van der Waals surface area (Å²) in [5.74, 6) is 0.687. The molecule has 0 unspecified atom stereocenters. The van der Waals surface area contributed by atoms with E-state index in [0.29, 0.717) is 16.8 Å². The number of amides is 1. The predicted molar refractivity (Wildman–Crippen MR) is 76.9 cm³/mol. The molecule has 0 bridgehead atoms. The Kier molecular flexibility index (Phi) is 4.91. The molecule has 1 aliphatic carbocycles. The standard InChI is InChI=1S/C14H19ClN2O2/c1-19-13-7-6-10(15)8-12(13)16-9-14(18)17-11-4-2-3-5-11/h6-8,11,16H,2-5,9H2,1H3,(H,17,18). The first kappa shape index (κ1) is 14.0. The van der Waals surface area contributed by atoms with E-state index in [2.05, 4.69) is 10.6 Å². The average molecular weight is 283 g/mol. The largest absolute Gasteiger partial charge is 0.495 e. The minimum atomic E-state index is 0.00827. The number of methoxy groups -OCH3 is 1. The molecule has 5 heteroatoms. The minimum absolute atomic E-state index is 0.00827. The van der Waals surface area contributed by atoms with Crippen LogP contribution in [0.4, 0.5) is 5.69 Å². The van der Waals surface area contributed by atoms with Gasteiger partial charge < -0.3 is 15.4 Å². The van der Waals surface area contributed by atoms with Crippen LogP contribution in [0.5, 0.6) is 5.75 Å². The molecule has 1 aromatic rings. The molecule has 1 aliphatic rings. The number of anilines is 1. The van der Waals surface area contributed by atoms with Crippen LogP contribution in [0.3, 0.4) is 0 Å². The van der Waals surface area contributed by atoms with E-state index in [1.165, 1.54) is 12.8 Å². The molecule has 2 rings (SSSR count). The quantitative estimate of drug-likeness (QED) is 0.873. The third kappa shape index (κ3) is 4.03. The summed E-state index contributed by atoms with van der Waals surface area (Å²) in [5, 5.41) is 6.69. The zero-order chi connectivity index (χ0) is 13.7. The number of ether oxygens (including phenoxy) is 1. The van der Waals surface area contributed by atoms with Crippen LogP contribution in [0, 0.1) is 0 Å². The van der Waals surface area contributed by atoms with E-state index in [-0.39, 0.29) is 12.5 Å². The van der Waals surface area contributed by atoms with Gasteiger partial charge in [0.2, 0.25) is 5.91 Å². The Morgan fingerprint density at radius 2 is 2.16 bits per heavy atom. The van der Waals surface area contributed by atoms with Gasteiger partial charge >= 0.3 is 0 Å². The molecule has 0 saturated heterocycles. The molecule has 0 aliphatic heterocycles. The first-order valence-corrected chi connectivity index (χ1v) is 6.93. The average Bonchev–Trinajstić information content (AvgIpc) is 2.89. The van der Waals surface area contributed by atoms with Crippen LogP contribution in [-0.2, 0) is 4.79 Å². The molecule has 0 spiro atoms. The smallest absolute Gasteiger partial charge is 0.239 e. The Morgan fingerprint density at radius 3 is 2.84 bits per heavy atom. The summed E-state index contributed by atoms with van der Waals surface area (Å²) in [4.78, 5) is 11.8. The fraction of sp³-hybridized carbons (Fsp3) is 0.500. The van der Waals surface area contributed by atoms with Crippen LogP contribution in [0.2, 0.25) is 5.02 Å². The maximum absolute atomic E-state index is 11.8. The van der Waals surface area contributed by atoms with Crippen molar-refractivity contribution in [3.63, 3.8) is 0 Å². The second-order valence-corrected chi connectivity index (χ2v) is 5.18. The van der Waals surface area contributed by atoms with E-state index < -0.39 is 0 Å². The highest BCUT2D eigenvalue weighted by atomic mass is 35.5. The summed E-state index contributed by atoms with van der Waals surface area (Å²) in [6, 6.07) is 5.63. The highest BCUT2D eigenvalue weighted by Gasteiger charge is 2.17. The van der Waals surface area contributed by atoms with Gasteiger partial charge in [0.15, 0.2) is 0 Å². The first-order valence-electron chi connectivity index (χ1n) is 6.56. The molecule has 0 atom stereocenters. The van der Waals surface area contributed by atoms with E-state index in [9.17, 15) is 4.79 Å². The number of carbonyl (C=O) groups excluding carboxylic acids is 1. The molecule has 1 fully saturated rings. The number of carbonyl (C=O) groups is 1. The molecule has 1 saturated carbocycles. The summed E-state index contributed by atoms with van der Waals surface area (Å²) in [6.45, 7) is 0.229. The second kappa shape index (κ2) is 6.66. The normalized spacial score (nSPS) is 15.3. The van der Waals surface area contributed by atoms with Crippen LogP contribution in [-0.4, -0.2) is 25.6 Å². The number of hydrogen-bond donors (Lipinski definition) is 2. The summed E-state index contributed by atoms with van der Waals surface area (Å²) < 4.78 is 5.21. The topological polar surface area (TPSA) is 50.4 Å². The van der Waals surface area contributed by atoms with Gasteiger partial charge in [-0.15, -0.1) is 0 Å². The number of nitrogens with one attached hydrogen (secondary N) is 2. The highest BCUT2D eigenvalue weighted by molar-refractivity contribution is 6.30. The van der Waals surface area contributed by atoms with Gasteiger partial charge in [-0.3, -0.25) is 4.79 Å². The Bertz CT molecular complexity index is 445. The SMILES string of the molecule is COc1ccc(Cl)cc1NCC(=O)NC1CCCC1. The van der Waals surface area contributed by atoms with Crippen LogP contribution >= 0.6 is 11.6 Å². The number of rotatable bonds is 5. The first-order chi connectivity index (χ1) is 9.19. The third-order valence-electron chi connectivity index (χ3n) is 3.32. The molecule has 0 radical (unpaired) electrons. The minimum Gasteiger partial charge on any atom is -0.495 e. The zero-order valence-electron chi connectivity index (χ0n) is 11.0. The van der Waals surface area contributed by atoms with Crippen molar-refractivity contribution in [1.82, 2.24) is 5.32 Å². The number of halogens is 1. The molecule has 19 heavy (non-hydrogen) atoms. The number of benzene rings is 1. The van der Waals surface area contributed by atoms with E-state index >= 15 is 0 Å². The monoisotopic (exact) mass is 282 g/mol. The van der Waals surface area contributed by atoms with Crippen molar-refractivity contribution in [3.05, 3.63) is 23.2 Å². The van der Waals surface area contributed by atoms with Crippen molar-refractivity contribution in [3.8, 4) is 5.75 Å². The van der Waals surface area contributed by atoms with Crippen molar-refractivity contribution in [2.24, 2.45) is 0 Å². The fourth-order valence-corrected chi connectivity index (χ4v) is 2.51. The van der Waals surface area contributed by atoms with Crippen LogP contribution < -0.4 is 15.4 Å². The van der Waals surface area contributed by atoms with Gasteiger partial charge in [-0.2, -0.15) is 0 Å².